The topological polar surface area (TPSA) is 26.0 Å². The van der Waals surface area contributed by atoms with Crippen LogP contribution in [-0.4, -0.2) is 0 Å². The highest BCUT2D eigenvalue weighted by Crippen LogP contribution is 2.19. The number of rotatable bonds is 3. The third-order valence-electron chi connectivity index (χ3n) is 1.88. The molecular weight excluding hydrogens is 249 g/mol. The highest BCUT2D eigenvalue weighted by atomic mass is 79.9. The summed E-state index contributed by atoms with van der Waals surface area (Å²) in [6, 6.07) is 8.38. The summed E-state index contributed by atoms with van der Waals surface area (Å²) < 4.78 is 1.10. The Kier molecular flexibility index (Phi) is 6.39. The van der Waals surface area contributed by atoms with Crippen LogP contribution in [0.4, 0.5) is 0 Å². The van der Waals surface area contributed by atoms with E-state index in [1.54, 1.807) is 0 Å². The molecule has 0 aliphatic rings. The van der Waals surface area contributed by atoms with Crippen LogP contribution in [0.3, 0.4) is 0 Å². The van der Waals surface area contributed by atoms with Crippen molar-refractivity contribution in [1.82, 2.24) is 0 Å². The molecule has 0 saturated carbocycles. The summed E-state index contributed by atoms with van der Waals surface area (Å²) in [6.07, 6.45) is 2.18. The predicted molar refractivity (Wildman–Crippen MR) is 63.2 cm³/mol. The second-order valence-electron chi connectivity index (χ2n) is 2.95. The van der Waals surface area contributed by atoms with Gasteiger partial charge in [-0.15, -0.1) is 12.4 Å². The molecule has 0 aliphatic carbocycles. The van der Waals surface area contributed by atoms with Crippen molar-refractivity contribution >= 4 is 28.3 Å². The Morgan fingerprint density at radius 2 is 2.15 bits per heavy atom. The maximum absolute atomic E-state index is 5.95. The van der Waals surface area contributed by atoms with Crippen LogP contribution in [0.2, 0.25) is 0 Å². The maximum atomic E-state index is 5.95. The molecular formula is C10H15BrClN. The number of hydrogen-bond donors (Lipinski definition) is 1. The molecule has 0 aromatic heterocycles. The highest BCUT2D eigenvalue weighted by molar-refractivity contribution is 9.10. The van der Waals surface area contributed by atoms with Crippen molar-refractivity contribution in [2.75, 3.05) is 0 Å². The standard InChI is InChI=1S/C10H14BrN.ClH/c1-2-4-10(12)8-5-3-6-9(11)7-8;/h3,5-7,10H,2,4,12H2,1H3;1H. The van der Waals surface area contributed by atoms with Crippen LogP contribution >= 0.6 is 28.3 Å². The first kappa shape index (κ1) is 12.9. The molecule has 0 aliphatic heterocycles. The average Bonchev–Trinajstić information content (AvgIpc) is 2.05. The van der Waals surface area contributed by atoms with E-state index in [0.29, 0.717) is 0 Å². The Morgan fingerprint density at radius 3 is 2.69 bits per heavy atom. The van der Waals surface area contributed by atoms with E-state index >= 15 is 0 Å². The van der Waals surface area contributed by atoms with Crippen molar-refractivity contribution in [2.45, 2.75) is 25.8 Å². The molecule has 0 bridgehead atoms. The zero-order valence-corrected chi connectivity index (χ0v) is 10.1. The minimum atomic E-state index is 0. The molecule has 1 aromatic carbocycles. The van der Waals surface area contributed by atoms with Gasteiger partial charge in [0.25, 0.3) is 0 Å². The first-order valence-corrected chi connectivity index (χ1v) is 5.04. The van der Waals surface area contributed by atoms with E-state index in [2.05, 4.69) is 35.0 Å². The normalized spacial score (nSPS) is 11.9. The van der Waals surface area contributed by atoms with Crippen LogP contribution < -0.4 is 5.73 Å². The fraction of sp³-hybridized carbons (Fsp3) is 0.400. The lowest BCUT2D eigenvalue weighted by Gasteiger charge is -2.10. The van der Waals surface area contributed by atoms with Crippen molar-refractivity contribution < 1.29 is 0 Å². The van der Waals surface area contributed by atoms with Crippen LogP contribution in [0, 0.1) is 0 Å². The first-order valence-electron chi connectivity index (χ1n) is 4.25. The Labute approximate surface area is 94.3 Å². The Morgan fingerprint density at radius 1 is 1.46 bits per heavy atom. The highest BCUT2D eigenvalue weighted by Gasteiger charge is 2.03. The summed E-state index contributed by atoms with van der Waals surface area (Å²) in [4.78, 5) is 0. The minimum absolute atomic E-state index is 0. The first-order chi connectivity index (χ1) is 5.74. The van der Waals surface area contributed by atoms with Gasteiger partial charge in [-0.05, 0) is 24.1 Å². The molecule has 1 nitrogen and oxygen atoms in total. The summed E-state index contributed by atoms with van der Waals surface area (Å²) >= 11 is 3.43. The van der Waals surface area contributed by atoms with E-state index in [4.69, 9.17) is 5.73 Å². The van der Waals surface area contributed by atoms with Crippen LogP contribution in [0.15, 0.2) is 28.7 Å². The lowest BCUT2D eigenvalue weighted by Crippen LogP contribution is -2.09. The minimum Gasteiger partial charge on any atom is -0.324 e. The van der Waals surface area contributed by atoms with Gasteiger partial charge in [-0.25, -0.2) is 0 Å². The molecule has 0 saturated heterocycles. The van der Waals surface area contributed by atoms with Crippen molar-refractivity contribution in [1.29, 1.82) is 0 Å². The van der Waals surface area contributed by atoms with Crippen molar-refractivity contribution in [3.05, 3.63) is 34.3 Å². The molecule has 1 rings (SSSR count). The van der Waals surface area contributed by atoms with Gasteiger partial charge in [-0.2, -0.15) is 0 Å². The summed E-state index contributed by atoms with van der Waals surface area (Å²) in [5.74, 6) is 0. The number of hydrogen-bond acceptors (Lipinski definition) is 1. The van der Waals surface area contributed by atoms with Gasteiger partial charge >= 0.3 is 0 Å². The summed E-state index contributed by atoms with van der Waals surface area (Å²) in [6.45, 7) is 2.15. The molecule has 0 heterocycles. The van der Waals surface area contributed by atoms with Gasteiger partial charge in [0.05, 0.1) is 0 Å². The third-order valence-corrected chi connectivity index (χ3v) is 2.37. The van der Waals surface area contributed by atoms with Gasteiger partial charge in [0, 0.05) is 10.5 Å². The number of benzene rings is 1. The fourth-order valence-electron chi connectivity index (χ4n) is 1.21. The van der Waals surface area contributed by atoms with Gasteiger partial charge in [0.15, 0.2) is 0 Å². The lowest BCUT2D eigenvalue weighted by molar-refractivity contribution is 0.638. The molecule has 2 N–H and O–H groups in total. The van der Waals surface area contributed by atoms with Crippen molar-refractivity contribution in [2.24, 2.45) is 5.73 Å². The number of nitrogens with two attached hydrogens (primary N) is 1. The van der Waals surface area contributed by atoms with E-state index in [-0.39, 0.29) is 18.4 Å². The summed E-state index contributed by atoms with van der Waals surface area (Å²) in [5, 5.41) is 0. The molecule has 0 fully saturated rings. The molecule has 0 radical (unpaired) electrons. The zero-order valence-electron chi connectivity index (χ0n) is 7.66. The second kappa shape index (κ2) is 6.41. The van der Waals surface area contributed by atoms with Gasteiger partial charge in [0.1, 0.15) is 0 Å². The third kappa shape index (κ3) is 4.12. The Bertz CT molecular complexity index is 252. The van der Waals surface area contributed by atoms with Gasteiger partial charge in [0.2, 0.25) is 0 Å². The average molecular weight is 265 g/mol. The molecule has 74 valence electrons. The quantitative estimate of drug-likeness (QED) is 0.886. The monoisotopic (exact) mass is 263 g/mol. The molecule has 13 heavy (non-hydrogen) atoms. The van der Waals surface area contributed by atoms with Crippen LogP contribution in [-0.2, 0) is 0 Å². The summed E-state index contributed by atoms with van der Waals surface area (Å²) in [5.41, 5.74) is 7.17. The lowest BCUT2D eigenvalue weighted by atomic mass is 10.0. The largest absolute Gasteiger partial charge is 0.324 e. The zero-order chi connectivity index (χ0) is 8.97. The van der Waals surface area contributed by atoms with Gasteiger partial charge in [-0.3, -0.25) is 0 Å². The SMILES string of the molecule is CCCC(N)c1cccc(Br)c1.Cl. The van der Waals surface area contributed by atoms with E-state index in [1.165, 1.54) is 5.56 Å². The molecule has 0 amide bonds. The predicted octanol–water partition coefficient (Wildman–Crippen LogP) is 3.67. The van der Waals surface area contributed by atoms with Gasteiger partial charge < -0.3 is 5.73 Å². The molecule has 0 spiro atoms. The molecule has 3 heteroatoms. The Balaban J connectivity index is 0.00000144. The number of halogens is 2. The molecule has 1 unspecified atom stereocenters. The Hall–Kier alpha value is -0.0500. The van der Waals surface area contributed by atoms with Crippen molar-refractivity contribution in [3.8, 4) is 0 Å². The van der Waals surface area contributed by atoms with Crippen molar-refractivity contribution in [3.63, 3.8) is 0 Å². The van der Waals surface area contributed by atoms with E-state index < -0.39 is 0 Å². The smallest absolute Gasteiger partial charge is 0.0295 e. The van der Waals surface area contributed by atoms with E-state index in [0.717, 1.165) is 17.3 Å². The maximum Gasteiger partial charge on any atom is 0.0295 e. The molecule has 1 atom stereocenters. The summed E-state index contributed by atoms with van der Waals surface area (Å²) in [7, 11) is 0. The fourth-order valence-corrected chi connectivity index (χ4v) is 1.63. The van der Waals surface area contributed by atoms with E-state index in [9.17, 15) is 0 Å². The van der Waals surface area contributed by atoms with Crippen LogP contribution in [0.1, 0.15) is 31.4 Å². The van der Waals surface area contributed by atoms with Crippen LogP contribution in [0.25, 0.3) is 0 Å². The molecule has 1 aromatic rings. The second-order valence-corrected chi connectivity index (χ2v) is 3.87. The van der Waals surface area contributed by atoms with Crippen LogP contribution in [0.5, 0.6) is 0 Å². The van der Waals surface area contributed by atoms with E-state index in [1.807, 2.05) is 12.1 Å². The van der Waals surface area contributed by atoms with Gasteiger partial charge in [-0.1, -0.05) is 41.4 Å².